The van der Waals surface area contributed by atoms with E-state index in [0.29, 0.717) is 16.3 Å². The van der Waals surface area contributed by atoms with Crippen LogP contribution in [0.1, 0.15) is 30.1 Å². The molecule has 1 aromatic carbocycles. The van der Waals surface area contributed by atoms with Gasteiger partial charge in [0.1, 0.15) is 0 Å². The van der Waals surface area contributed by atoms with Crippen molar-refractivity contribution in [1.29, 1.82) is 0 Å². The summed E-state index contributed by atoms with van der Waals surface area (Å²) in [6, 6.07) is 3.42. The maximum Gasteiger partial charge on any atom is 0.267 e. The number of hydrazine groups is 1. The van der Waals surface area contributed by atoms with Gasteiger partial charge in [-0.15, -0.1) is 0 Å². The van der Waals surface area contributed by atoms with Gasteiger partial charge < -0.3 is 5.32 Å². The standard InChI is InChI=1S/C11H15BrClN3O/c1-2-3-4-15-10-8(11(17)16-14)5-7(12)6-9(10)13/h5-6,15H,2-4,14H2,1H3,(H,16,17). The summed E-state index contributed by atoms with van der Waals surface area (Å²) in [5.74, 6) is 4.77. The van der Waals surface area contributed by atoms with Gasteiger partial charge in [0.15, 0.2) is 0 Å². The highest BCUT2D eigenvalue weighted by atomic mass is 79.9. The fraction of sp³-hybridized carbons (Fsp3) is 0.364. The van der Waals surface area contributed by atoms with Gasteiger partial charge in [0, 0.05) is 11.0 Å². The largest absolute Gasteiger partial charge is 0.383 e. The van der Waals surface area contributed by atoms with Gasteiger partial charge in [-0.3, -0.25) is 10.2 Å². The van der Waals surface area contributed by atoms with E-state index in [2.05, 4.69) is 33.6 Å². The number of rotatable bonds is 5. The van der Waals surface area contributed by atoms with E-state index in [0.717, 1.165) is 23.9 Å². The Morgan fingerprint density at radius 3 is 2.82 bits per heavy atom. The van der Waals surface area contributed by atoms with Crippen molar-refractivity contribution in [1.82, 2.24) is 5.43 Å². The zero-order chi connectivity index (χ0) is 12.8. The topological polar surface area (TPSA) is 67.2 Å². The van der Waals surface area contributed by atoms with Crippen LogP contribution in [0.15, 0.2) is 16.6 Å². The van der Waals surface area contributed by atoms with Gasteiger partial charge in [-0.05, 0) is 18.6 Å². The predicted octanol–water partition coefficient (Wildman–Crippen LogP) is 2.92. The molecule has 17 heavy (non-hydrogen) atoms. The molecule has 0 aliphatic rings. The summed E-state index contributed by atoms with van der Waals surface area (Å²) < 4.78 is 0.738. The Bertz CT molecular complexity index is 412. The van der Waals surface area contributed by atoms with Crippen molar-refractivity contribution >= 4 is 39.1 Å². The van der Waals surface area contributed by atoms with Crippen molar-refractivity contribution < 1.29 is 4.79 Å². The SMILES string of the molecule is CCCCNc1c(Cl)cc(Br)cc1C(=O)NN. The van der Waals surface area contributed by atoms with Crippen LogP contribution in [0.5, 0.6) is 0 Å². The predicted molar refractivity (Wildman–Crippen MR) is 74.2 cm³/mol. The summed E-state index contributed by atoms with van der Waals surface area (Å²) in [6.45, 7) is 2.86. The fourth-order valence-electron chi connectivity index (χ4n) is 1.40. The van der Waals surface area contributed by atoms with Crippen molar-refractivity contribution in [2.45, 2.75) is 19.8 Å². The van der Waals surface area contributed by atoms with Crippen LogP contribution in [0.4, 0.5) is 5.69 Å². The smallest absolute Gasteiger partial charge is 0.267 e. The fourth-order valence-corrected chi connectivity index (χ4v) is 2.28. The lowest BCUT2D eigenvalue weighted by Gasteiger charge is -2.13. The quantitative estimate of drug-likeness (QED) is 0.338. The highest BCUT2D eigenvalue weighted by Gasteiger charge is 2.14. The van der Waals surface area contributed by atoms with Crippen molar-refractivity contribution in [2.24, 2.45) is 5.84 Å². The average molecular weight is 321 g/mol. The molecule has 4 N–H and O–H groups in total. The van der Waals surface area contributed by atoms with Crippen LogP contribution in [0.3, 0.4) is 0 Å². The summed E-state index contributed by atoms with van der Waals surface area (Å²) in [5.41, 5.74) is 3.16. The zero-order valence-corrected chi connectivity index (χ0v) is 11.9. The second-order valence-corrected chi connectivity index (χ2v) is 4.89. The van der Waals surface area contributed by atoms with Crippen LogP contribution in [0.25, 0.3) is 0 Å². The number of amides is 1. The molecule has 0 aliphatic carbocycles. The molecule has 1 aromatic rings. The lowest BCUT2D eigenvalue weighted by molar-refractivity contribution is 0.0954. The lowest BCUT2D eigenvalue weighted by Crippen LogP contribution is -2.30. The number of carbonyl (C=O) groups excluding carboxylic acids is 1. The van der Waals surface area contributed by atoms with E-state index in [9.17, 15) is 4.79 Å². The summed E-state index contributed by atoms with van der Waals surface area (Å²) in [7, 11) is 0. The molecule has 0 bridgehead atoms. The summed E-state index contributed by atoms with van der Waals surface area (Å²) in [6.07, 6.45) is 2.08. The number of nitrogen functional groups attached to an aromatic ring is 1. The van der Waals surface area contributed by atoms with Crippen LogP contribution in [-0.4, -0.2) is 12.5 Å². The molecule has 0 spiro atoms. The molecule has 0 atom stereocenters. The number of halogens is 2. The van der Waals surface area contributed by atoms with E-state index < -0.39 is 0 Å². The molecule has 0 radical (unpaired) electrons. The molecule has 1 amide bonds. The molecule has 4 nitrogen and oxygen atoms in total. The van der Waals surface area contributed by atoms with Gasteiger partial charge >= 0.3 is 0 Å². The summed E-state index contributed by atoms with van der Waals surface area (Å²) in [5, 5.41) is 3.65. The van der Waals surface area contributed by atoms with E-state index in [1.807, 2.05) is 0 Å². The lowest BCUT2D eigenvalue weighted by atomic mass is 10.1. The first-order valence-electron chi connectivity index (χ1n) is 5.34. The molecular weight excluding hydrogens is 305 g/mol. The van der Waals surface area contributed by atoms with Crippen LogP contribution in [-0.2, 0) is 0 Å². The maximum absolute atomic E-state index is 11.6. The zero-order valence-electron chi connectivity index (χ0n) is 9.52. The van der Waals surface area contributed by atoms with E-state index in [4.69, 9.17) is 17.4 Å². The number of anilines is 1. The molecule has 6 heteroatoms. The Labute approximate surface area is 114 Å². The Balaban J connectivity index is 3.03. The molecular formula is C11H15BrClN3O. The second-order valence-electron chi connectivity index (χ2n) is 3.56. The molecule has 0 saturated heterocycles. The first-order chi connectivity index (χ1) is 8.10. The summed E-state index contributed by atoms with van der Waals surface area (Å²) in [4.78, 5) is 11.6. The van der Waals surface area contributed by atoms with Gasteiger partial charge in [-0.2, -0.15) is 0 Å². The number of hydrogen-bond donors (Lipinski definition) is 3. The minimum absolute atomic E-state index is 0.368. The third-order valence-electron chi connectivity index (χ3n) is 2.26. The minimum Gasteiger partial charge on any atom is -0.383 e. The molecule has 0 fully saturated rings. The second kappa shape index (κ2) is 6.83. The maximum atomic E-state index is 11.6. The number of nitrogens with one attached hydrogen (secondary N) is 2. The Kier molecular flexibility index (Phi) is 5.74. The normalized spacial score (nSPS) is 10.1. The van der Waals surface area contributed by atoms with Crippen LogP contribution < -0.4 is 16.6 Å². The number of unbranched alkanes of at least 4 members (excludes halogenated alkanes) is 1. The third-order valence-corrected chi connectivity index (χ3v) is 3.02. The molecule has 0 heterocycles. The molecule has 94 valence electrons. The number of hydrogen-bond acceptors (Lipinski definition) is 3. The van der Waals surface area contributed by atoms with Crippen LogP contribution in [0, 0.1) is 0 Å². The first-order valence-corrected chi connectivity index (χ1v) is 6.51. The molecule has 0 saturated carbocycles. The highest BCUT2D eigenvalue weighted by molar-refractivity contribution is 9.10. The van der Waals surface area contributed by atoms with E-state index in [-0.39, 0.29) is 5.91 Å². The van der Waals surface area contributed by atoms with Gasteiger partial charge in [0.25, 0.3) is 5.91 Å². The van der Waals surface area contributed by atoms with Gasteiger partial charge in [0.2, 0.25) is 0 Å². The Hall–Kier alpha value is -0.780. The van der Waals surface area contributed by atoms with Crippen molar-refractivity contribution in [3.05, 3.63) is 27.2 Å². The summed E-state index contributed by atoms with van der Waals surface area (Å²) >= 11 is 9.39. The monoisotopic (exact) mass is 319 g/mol. The van der Waals surface area contributed by atoms with Crippen LogP contribution in [0.2, 0.25) is 5.02 Å². The van der Waals surface area contributed by atoms with E-state index in [1.165, 1.54) is 0 Å². The first kappa shape index (κ1) is 14.3. The van der Waals surface area contributed by atoms with Crippen molar-refractivity contribution in [3.63, 3.8) is 0 Å². The number of carbonyl (C=O) groups is 1. The van der Waals surface area contributed by atoms with Crippen molar-refractivity contribution in [3.8, 4) is 0 Å². The molecule has 1 rings (SSSR count). The highest BCUT2D eigenvalue weighted by Crippen LogP contribution is 2.30. The minimum atomic E-state index is -0.368. The number of benzene rings is 1. The number of nitrogens with two attached hydrogens (primary N) is 1. The van der Waals surface area contributed by atoms with Gasteiger partial charge in [0.05, 0.1) is 16.3 Å². The van der Waals surface area contributed by atoms with Crippen LogP contribution >= 0.6 is 27.5 Å². The third kappa shape index (κ3) is 3.87. The Morgan fingerprint density at radius 2 is 2.24 bits per heavy atom. The molecule has 0 aromatic heterocycles. The molecule has 0 aliphatic heterocycles. The van der Waals surface area contributed by atoms with Gasteiger partial charge in [-0.1, -0.05) is 40.9 Å². The van der Waals surface area contributed by atoms with Gasteiger partial charge in [-0.25, -0.2) is 5.84 Å². The van der Waals surface area contributed by atoms with E-state index in [1.54, 1.807) is 12.1 Å². The molecule has 0 unspecified atom stereocenters. The Morgan fingerprint density at radius 1 is 1.53 bits per heavy atom. The average Bonchev–Trinajstić information content (AvgIpc) is 2.30. The van der Waals surface area contributed by atoms with Crippen molar-refractivity contribution in [2.75, 3.05) is 11.9 Å². The van der Waals surface area contributed by atoms with E-state index >= 15 is 0 Å².